The molecule has 0 amide bonds. The summed E-state index contributed by atoms with van der Waals surface area (Å²) in [5.74, 6) is 0. The van der Waals surface area contributed by atoms with Crippen molar-refractivity contribution in [1.29, 1.82) is 0 Å². The Morgan fingerprint density at radius 3 is 2.93 bits per heavy atom. The first-order valence-corrected chi connectivity index (χ1v) is 4.81. The predicted molar refractivity (Wildman–Crippen MR) is 51.8 cm³/mol. The number of aliphatic hydroxyl groups is 1. The number of ether oxygens (including phenoxy) is 1. The molecule has 5 heteroatoms. The van der Waals surface area contributed by atoms with E-state index in [9.17, 15) is 5.11 Å². The molecule has 0 aliphatic rings. The van der Waals surface area contributed by atoms with Crippen molar-refractivity contribution in [3.05, 3.63) is 11.9 Å². The summed E-state index contributed by atoms with van der Waals surface area (Å²) in [6, 6.07) is 0. The molecule has 0 saturated heterocycles. The molecule has 0 fully saturated rings. The molecule has 14 heavy (non-hydrogen) atoms. The van der Waals surface area contributed by atoms with Gasteiger partial charge in [0.25, 0.3) is 0 Å². The summed E-state index contributed by atoms with van der Waals surface area (Å²) in [5.41, 5.74) is 0.622. The number of aromatic nitrogens is 3. The van der Waals surface area contributed by atoms with Gasteiger partial charge >= 0.3 is 0 Å². The molecule has 0 saturated carbocycles. The SMILES string of the molecule is COCCCCn1cc(C(C)O)nn1. The number of hydrogen-bond acceptors (Lipinski definition) is 4. The van der Waals surface area contributed by atoms with E-state index in [1.165, 1.54) is 0 Å². The monoisotopic (exact) mass is 199 g/mol. The zero-order valence-corrected chi connectivity index (χ0v) is 8.68. The second-order valence-electron chi connectivity index (χ2n) is 3.28. The molecule has 1 N–H and O–H groups in total. The average Bonchev–Trinajstić information content (AvgIpc) is 2.61. The van der Waals surface area contributed by atoms with E-state index >= 15 is 0 Å². The predicted octanol–water partition coefficient (Wildman–Crippen LogP) is 0.758. The minimum atomic E-state index is -0.539. The first-order valence-electron chi connectivity index (χ1n) is 4.81. The van der Waals surface area contributed by atoms with E-state index in [2.05, 4.69) is 10.3 Å². The third-order valence-corrected chi connectivity index (χ3v) is 1.97. The van der Waals surface area contributed by atoms with Crippen LogP contribution in [-0.4, -0.2) is 33.8 Å². The molecule has 0 radical (unpaired) electrons. The minimum absolute atomic E-state index is 0.539. The molecule has 1 heterocycles. The fourth-order valence-corrected chi connectivity index (χ4v) is 1.13. The van der Waals surface area contributed by atoms with Gasteiger partial charge in [-0.3, -0.25) is 4.68 Å². The maximum Gasteiger partial charge on any atom is 0.111 e. The van der Waals surface area contributed by atoms with Crippen molar-refractivity contribution in [1.82, 2.24) is 15.0 Å². The number of unbranched alkanes of at least 4 members (excludes halogenated alkanes) is 1. The second-order valence-corrected chi connectivity index (χ2v) is 3.28. The third-order valence-electron chi connectivity index (χ3n) is 1.97. The van der Waals surface area contributed by atoms with Crippen LogP contribution in [0.5, 0.6) is 0 Å². The molecule has 0 aliphatic carbocycles. The van der Waals surface area contributed by atoms with E-state index in [1.54, 1.807) is 24.9 Å². The average molecular weight is 199 g/mol. The number of methoxy groups -OCH3 is 1. The Hall–Kier alpha value is -0.940. The number of aliphatic hydroxyl groups excluding tert-OH is 1. The topological polar surface area (TPSA) is 60.2 Å². The van der Waals surface area contributed by atoms with Crippen LogP contribution in [0.25, 0.3) is 0 Å². The highest BCUT2D eigenvalue weighted by atomic mass is 16.5. The van der Waals surface area contributed by atoms with E-state index in [0.717, 1.165) is 26.0 Å². The normalized spacial score (nSPS) is 13.1. The summed E-state index contributed by atoms with van der Waals surface area (Å²) < 4.78 is 6.69. The quantitative estimate of drug-likeness (QED) is 0.687. The summed E-state index contributed by atoms with van der Waals surface area (Å²) in [4.78, 5) is 0. The van der Waals surface area contributed by atoms with Gasteiger partial charge in [0, 0.05) is 20.3 Å². The van der Waals surface area contributed by atoms with Crippen LogP contribution < -0.4 is 0 Å². The molecule has 1 atom stereocenters. The highest BCUT2D eigenvalue weighted by Crippen LogP contribution is 2.06. The molecule has 0 aromatic carbocycles. The molecule has 5 nitrogen and oxygen atoms in total. The fourth-order valence-electron chi connectivity index (χ4n) is 1.13. The second kappa shape index (κ2) is 5.72. The Kier molecular flexibility index (Phi) is 4.55. The summed E-state index contributed by atoms with van der Waals surface area (Å²) >= 11 is 0. The summed E-state index contributed by atoms with van der Waals surface area (Å²) in [6.45, 7) is 3.28. The van der Waals surface area contributed by atoms with Gasteiger partial charge < -0.3 is 9.84 Å². The van der Waals surface area contributed by atoms with Crippen LogP contribution in [0.4, 0.5) is 0 Å². The van der Waals surface area contributed by atoms with Gasteiger partial charge in [-0.2, -0.15) is 0 Å². The number of nitrogens with zero attached hydrogens (tertiary/aromatic N) is 3. The molecule has 0 aliphatic heterocycles. The molecule has 1 aromatic heterocycles. The zero-order chi connectivity index (χ0) is 10.4. The minimum Gasteiger partial charge on any atom is -0.387 e. The van der Waals surface area contributed by atoms with Crippen molar-refractivity contribution in [2.45, 2.75) is 32.4 Å². The highest BCUT2D eigenvalue weighted by molar-refractivity contribution is 4.95. The third kappa shape index (κ3) is 3.43. The van der Waals surface area contributed by atoms with Crippen molar-refractivity contribution in [2.24, 2.45) is 0 Å². The van der Waals surface area contributed by atoms with Crippen LogP contribution in [0.1, 0.15) is 31.6 Å². The molecular formula is C9H17N3O2. The first kappa shape index (κ1) is 11.1. The van der Waals surface area contributed by atoms with Gasteiger partial charge in [-0.25, -0.2) is 0 Å². The summed E-state index contributed by atoms with van der Waals surface area (Å²) in [5, 5.41) is 17.0. The number of aryl methyl sites for hydroxylation is 1. The van der Waals surface area contributed by atoms with Crippen LogP contribution in [-0.2, 0) is 11.3 Å². The lowest BCUT2D eigenvalue weighted by molar-refractivity contribution is 0.190. The van der Waals surface area contributed by atoms with E-state index in [1.807, 2.05) is 0 Å². The maximum absolute atomic E-state index is 9.21. The molecular weight excluding hydrogens is 182 g/mol. The van der Waals surface area contributed by atoms with Gasteiger partial charge in [0.15, 0.2) is 0 Å². The van der Waals surface area contributed by atoms with Gasteiger partial charge in [-0.15, -0.1) is 5.10 Å². The molecule has 1 aromatic rings. The molecule has 0 bridgehead atoms. The maximum atomic E-state index is 9.21. The Morgan fingerprint density at radius 1 is 1.57 bits per heavy atom. The largest absolute Gasteiger partial charge is 0.387 e. The summed E-state index contributed by atoms with van der Waals surface area (Å²) in [6.07, 6.45) is 3.26. The lowest BCUT2D eigenvalue weighted by Crippen LogP contribution is -2.00. The molecule has 1 unspecified atom stereocenters. The number of hydrogen-bond donors (Lipinski definition) is 1. The van der Waals surface area contributed by atoms with E-state index in [4.69, 9.17) is 4.74 Å². The van der Waals surface area contributed by atoms with Crippen LogP contribution in [0.2, 0.25) is 0 Å². The summed E-state index contributed by atoms with van der Waals surface area (Å²) in [7, 11) is 1.70. The zero-order valence-electron chi connectivity index (χ0n) is 8.68. The molecule has 1 rings (SSSR count). The van der Waals surface area contributed by atoms with Crippen molar-refractivity contribution in [3.63, 3.8) is 0 Å². The van der Waals surface area contributed by atoms with Crippen molar-refractivity contribution in [3.8, 4) is 0 Å². The molecule has 80 valence electrons. The van der Waals surface area contributed by atoms with Gasteiger partial charge in [-0.1, -0.05) is 5.21 Å². The lowest BCUT2D eigenvalue weighted by Gasteiger charge is -1.99. The van der Waals surface area contributed by atoms with Gasteiger partial charge in [0.1, 0.15) is 5.69 Å². The van der Waals surface area contributed by atoms with Crippen molar-refractivity contribution >= 4 is 0 Å². The van der Waals surface area contributed by atoms with Crippen molar-refractivity contribution in [2.75, 3.05) is 13.7 Å². The van der Waals surface area contributed by atoms with Gasteiger partial charge in [0.2, 0.25) is 0 Å². The van der Waals surface area contributed by atoms with Crippen molar-refractivity contribution < 1.29 is 9.84 Å². The fraction of sp³-hybridized carbons (Fsp3) is 0.778. The van der Waals surface area contributed by atoms with Gasteiger partial charge in [-0.05, 0) is 19.8 Å². The Labute approximate surface area is 83.7 Å². The van der Waals surface area contributed by atoms with E-state index in [-0.39, 0.29) is 0 Å². The van der Waals surface area contributed by atoms with Crippen LogP contribution in [0.15, 0.2) is 6.20 Å². The molecule has 0 spiro atoms. The van der Waals surface area contributed by atoms with Crippen LogP contribution >= 0.6 is 0 Å². The first-order chi connectivity index (χ1) is 6.74. The Morgan fingerprint density at radius 2 is 2.36 bits per heavy atom. The lowest BCUT2D eigenvalue weighted by atomic mass is 10.3. The Balaban J connectivity index is 2.29. The standard InChI is InChI=1S/C9H17N3O2/c1-8(13)9-7-12(11-10-9)5-3-4-6-14-2/h7-8,13H,3-6H2,1-2H3. The number of rotatable bonds is 6. The highest BCUT2D eigenvalue weighted by Gasteiger charge is 2.05. The van der Waals surface area contributed by atoms with Crippen LogP contribution in [0.3, 0.4) is 0 Å². The van der Waals surface area contributed by atoms with Gasteiger partial charge in [0.05, 0.1) is 12.3 Å². The van der Waals surface area contributed by atoms with E-state index < -0.39 is 6.10 Å². The van der Waals surface area contributed by atoms with Crippen LogP contribution in [0, 0.1) is 0 Å². The Bertz CT molecular complexity index is 260. The van der Waals surface area contributed by atoms with E-state index in [0.29, 0.717) is 5.69 Å². The smallest absolute Gasteiger partial charge is 0.111 e.